The van der Waals surface area contributed by atoms with Gasteiger partial charge in [0, 0.05) is 12.7 Å². The summed E-state index contributed by atoms with van der Waals surface area (Å²) in [6.07, 6.45) is 0. The molecule has 2 aromatic carbocycles. The molecule has 8 nitrogen and oxygen atoms in total. The van der Waals surface area contributed by atoms with Gasteiger partial charge in [-0.2, -0.15) is 0 Å². The van der Waals surface area contributed by atoms with E-state index in [4.69, 9.17) is 9.84 Å². The lowest BCUT2D eigenvalue weighted by molar-refractivity contribution is -0.113. The largest absolute Gasteiger partial charge is 0.485 e. The highest BCUT2D eigenvalue weighted by Gasteiger charge is 2.14. The van der Waals surface area contributed by atoms with Crippen LogP contribution in [0.5, 0.6) is 5.75 Å². The highest BCUT2D eigenvalue weighted by atomic mass is 32.2. The molecule has 0 saturated carbocycles. The molecule has 0 unspecified atom stereocenters. The summed E-state index contributed by atoms with van der Waals surface area (Å²) in [7, 11) is 1.84. The van der Waals surface area contributed by atoms with Crippen molar-refractivity contribution in [2.45, 2.75) is 38.5 Å². The molecule has 0 aliphatic rings. The summed E-state index contributed by atoms with van der Waals surface area (Å²) in [5.74, 6) is 0.751. The number of benzene rings is 2. The van der Waals surface area contributed by atoms with Crippen LogP contribution in [-0.4, -0.2) is 37.5 Å². The third-order valence-electron chi connectivity index (χ3n) is 4.82. The van der Waals surface area contributed by atoms with E-state index in [9.17, 15) is 9.59 Å². The van der Waals surface area contributed by atoms with Gasteiger partial charge in [0.2, 0.25) is 5.91 Å². The van der Waals surface area contributed by atoms with E-state index >= 15 is 0 Å². The van der Waals surface area contributed by atoms with Crippen LogP contribution in [0.4, 0.5) is 5.69 Å². The molecule has 0 radical (unpaired) electrons. The molecule has 0 spiro atoms. The number of thioether (sulfide) groups is 1. The van der Waals surface area contributed by atoms with Gasteiger partial charge >= 0.3 is 5.97 Å². The van der Waals surface area contributed by atoms with Crippen LogP contribution in [0.25, 0.3) is 0 Å². The Hall–Kier alpha value is -3.33. The molecule has 32 heavy (non-hydrogen) atoms. The van der Waals surface area contributed by atoms with E-state index in [0.29, 0.717) is 22.6 Å². The zero-order valence-corrected chi connectivity index (χ0v) is 19.3. The van der Waals surface area contributed by atoms with Crippen LogP contribution < -0.4 is 10.1 Å². The van der Waals surface area contributed by atoms with E-state index in [-0.39, 0.29) is 23.8 Å². The van der Waals surface area contributed by atoms with Crippen molar-refractivity contribution < 1.29 is 19.4 Å². The number of carboxylic acid groups (broad SMARTS) is 1. The van der Waals surface area contributed by atoms with Gasteiger partial charge < -0.3 is 19.7 Å². The third kappa shape index (κ3) is 5.88. The second-order valence-electron chi connectivity index (χ2n) is 7.66. The standard InChI is InChI=1S/C23H26N4O4S/c1-14(2)18-10-5-15(3)11-19(18)31-12-20-25-26-23(27(20)4)32-13-21(28)24-17-8-6-16(7-9-17)22(29)30/h5-11,14H,12-13H2,1-4H3,(H,24,28)(H,29,30). The number of nitrogens with one attached hydrogen (secondary N) is 1. The zero-order chi connectivity index (χ0) is 23.3. The number of aromatic nitrogens is 3. The first-order valence-electron chi connectivity index (χ1n) is 10.1. The van der Waals surface area contributed by atoms with E-state index in [0.717, 1.165) is 16.9 Å². The number of anilines is 1. The Kier molecular flexibility index (Phi) is 7.53. The van der Waals surface area contributed by atoms with Gasteiger partial charge in [0.25, 0.3) is 0 Å². The number of aromatic carboxylic acids is 1. The minimum atomic E-state index is -1.01. The molecule has 3 rings (SSSR count). The number of aryl methyl sites for hydroxylation is 1. The van der Waals surface area contributed by atoms with E-state index in [2.05, 4.69) is 41.5 Å². The van der Waals surface area contributed by atoms with Crippen molar-refractivity contribution >= 4 is 29.3 Å². The van der Waals surface area contributed by atoms with Crippen molar-refractivity contribution in [1.29, 1.82) is 0 Å². The maximum atomic E-state index is 12.2. The fraction of sp³-hybridized carbons (Fsp3) is 0.304. The number of rotatable bonds is 9. The maximum absolute atomic E-state index is 12.2. The Morgan fingerprint density at radius 2 is 1.88 bits per heavy atom. The van der Waals surface area contributed by atoms with Gasteiger partial charge in [0.1, 0.15) is 12.4 Å². The number of nitrogens with zero attached hydrogens (tertiary/aromatic N) is 3. The van der Waals surface area contributed by atoms with E-state index in [1.165, 1.54) is 23.9 Å². The zero-order valence-electron chi connectivity index (χ0n) is 18.5. The number of hydrogen-bond acceptors (Lipinski definition) is 6. The molecular weight excluding hydrogens is 428 g/mol. The van der Waals surface area contributed by atoms with Crippen LogP contribution in [0.3, 0.4) is 0 Å². The molecule has 0 fully saturated rings. The normalized spacial score (nSPS) is 10.9. The van der Waals surface area contributed by atoms with Crippen molar-refractivity contribution in [2.24, 2.45) is 7.05 Å². The van der Waals surface area contributed by atoms with Crippen molar-refractivity contribution in [3.05, 3.63) is 65.0 Å². The predicted octanol–water partition coefficient (Wildman–Crippen LogP) is 4.25. The van der Waals surface area contributed by atoms with Crippen molar-refractivity contribution in [3.63, 3.8) is 0 Å². The molecule has 9 heteroatoms. The molecule has 1 amide bonds. The maximum Gasteiger partial charge on any atom is 0.335 e. The van der Waals surface area contributed by atoms with Crippen LogP contribution in [0.1, 0.15) is 47.1 Å². The number of ether oxygens (including phenoxy) is 1. The molecule has 3 aromatic rings. The molecule has 168 valence electrons. The van der Waals surface area contributed by atoms with E-state index < -0.39 is 5.97 Å². The summed E-state index contributed by atoms with van der Waals surface area (Å²) in [5, 5.41) is 20.6. The fourth-order valence-corrected chi connectivity index (χ4v) is 3.74. The third-order valence-corrected chi connectivity index (χ3v) is 5.84. The smallest absolute Gasteiger partial charge is 0.335 e. The number of amides is 1. The lowest BCUT2D eigenvalue weighted by Crippen LogP contribution is -2.14. The highest BCUT2D eigenvalue weighted by Crippen LogP contribution is 2.28. The number of carbonyl (C=O) groups excluding carboxylic acids is 1. The average molecular weight is 455 g/mol. The van der Waals surface area contributed by atoms with Crippen LogP contribution in [0.2, 0.25) is 0 Å². The van der Waals surface area contributed by atoms with Crippen LogP contribution >= 0.6 is 11.8 Å². The minimum Gasteiger partial charge on any atom is -0.485 e. The quantitative estimate of drug-likeness (QED) is 0.465. The van der Waals surface area contributed by atoms with Crippen LogP contribution in [-0.2, 0) is 18.4 Å². The van der Waals surface area contributed by atoms with Gasteiger partial charge in [0.05, 0.1) is 11.3 Å². The van der Waals surface area contributed by atoms with Crippen molar-refractivity contribution in [2.75, 3.05) is 11.1 Å². The number of hydrogen-bond donors (Lipinski definition) is 2. The summed E-state index contributed by atoms with van der Waals surface area (Å²) >= 11 is 1.26. The van der Waals surface area contributed by atoms with E-state index in [1.807, 2.05) is 24.6 Å². The van der Waals surface area contributed by atoms with Gasteiger partial charge in [-0.05, 0) is 54.3 Å². The summed E-state index contributed by atoms with van der Waals surface area (Å²) in [4.78, 5) is 23.1. The number of carboxylic acids is 1. The lowest BCUT2D eigenvalue weighted by Gasteiger charge is -2.14. The van der Waals surface area contributed by atoms with Crippen molar-refractivity contribution in [1.82, 2.24) is 14.8 Å². The van der Waals surface area contributed by atoms with Crippen LogP contribution in [0.15, 0.2) is 47.6 Å². The minimum absolute atomic E-state index is 0.142. The number of carbonyl (C=O) groups is 2. The summed E-state index contributed by atoms with van der Waals surface area (Å²) in [5.41, 5.74) is 2.96. The lowest BCUT2D eigenvalue weighted by atomic mass is 10.0. The van der Waals surface area contributed by atoms with Gasteiger partial charge in [-0.25, -0.2) is 4.79 Å². The van der Waals surface area contributed by atoms with E-state index in [1.54, 1.807) is 12.1 Å². The molecule has 0 atom stereocenters. The van der Waals surface area contributed by atoms with Gasteiger partial charge in [-0.15, -0.1) is 10.2 Å². The topological polar surface area (TPSA) is 106 Å². The Balaban J connectivity index is 1.56. The summed E-state index contributed by atoms with van der Waals surface area (Å²) in [6.45, 7) is 6.55. The van der Waals surface area contributed by atoms with Gasteiger partial charge in [-0.3, -0.25) is 4.79 Å². The molecule has 0 aliphatic heterocycles. The van der Waals surface area contributed by atoms with Gasteiger partial charge in [0.15, 0.2) is 11.0 Å². The molecule has 1 heterocycles. The molecule has 0 bridgehead atoms. The summed E-state index contributed by atoms with van der Waals surface area (Å²) < 4.78 is 7.85. The monoisotopic (exact) mass is 454 g/mol. The fourth-order valence-electron chi connectivity index (χ4n) is 3.01. The Bertz CT molecular complexity index is 1110. The second-order valence-corrected chi connectivity index (χ2v) is 8.60. The summed E-state index contributed by atoms with van der Waals surface area (Å²) in [6, 6.07) is 12.2. The predicted molar refractivity (Wildman–Crippen MR) is 123 cm³/mol. The van der Waals surface area contributed by atoms with Crippen molar-refractivity contribution in [3.8, 4) is 5.75 Å². The average Bonchev–Trinajstić information content (AvgIpc) is 3.10. The van der Waals surface area contributed by atoms with Crippen LogP contribution in [0, 0.1) is 6.92 Å². The molecule has 0 aliphatic carbocycles. The Morgan fingerprint density at radius 3 is 2.53 bits per heavy atom. The SMILES string of the molecule is Cc1ccc(C(C)C)c(OCc2nnc(SCC(=O)Nc3ccc(C(=O)O)cc3)n2C)c1. The molecule has 0 saturated heterocycles. The second kappa shape index (κ2) is 10.3. The molecule has 1 aromatic heterocycles. The first-order valence-corrected chi connectivity index (χ1v) is 11.1. The molecule has 2 N–H and O–H groups in total. The molecular formula is C23H26N4O4S. The first kappa shape index (κ1) is 23.3. The first-order chi connectivity index (χ1) is 15.2. The van der Waals surface area contributed by atoms with Gasteiger partial charge in [-0.1, -0.05) is 37.7 Å². The Labute approximate surface area is 191 Å². The highest BCUT2D eigenvalue weighted by molar-refractivity contribution is 7.99. The Morgan fingerprint density at radius 1 is 1.16 bits per heavy atom.